The molecule has 0 aliphatic carbocycles. The van der Waals surface area contributed by atoms with Crippen molar-refractivity contribution in [3.63, 3.8) is 0 Å². The minimum atomic E-state index is -0.741. The Labute approximate surface area is 83.4 Å². The third kappa shape index (κ3) is 1.99. The van der Waals surface area contributed by atoms with Crippen LogP contribution in [0.15, 0.2) is 12.1 Å². The summed E-state index contributed by atoms with van der Waals surface area (Å²) in [5.41, 5.74) is 0.693. The molecule has 0 spiro atoms. The Morgan fingerprint density at radius 2 is 1.73 bits per heavy atom. The number of nitro groups is 2. The predicted molar refractivity (Wildman–Crippen MR) is 49.9 cm³/mol. The van der Waals surface area contributed by atoms with Gasteiger partial charge in [-0.1, -0.05) is 0 Å². The molecule has 0 fully saturated rings. The van der Waals surface area contributed by atoms with E-state index in [4.69, 9.17) is 5.21 Å². The number of rotatable bonds is 3. The maximum absolute atomic E-state index is 10.5. The Kier molecular flexibility index (Phi) is 2.81. The van der Waals surface area contributed by atoms with Gasteiger partial charge >= 0.3 is 0 Å². The second-order valence-corrected chi connectivity index (χ2v) is 2.78. The van der Waals surface area contributed by atoms with Crippen molar-refractivity contribution < 1.29 is 15.1 Å². The van der Waals surface area contributed by atoms with Crippen LogP contribution in [0.2, 0.25) is 0 Å². The molecular weight excluding hydrogens is 206 g/mol. The lowest BCUT2D eigenvalue weighted by Crippen LogP contribution is -2.00. The molecule has 0 atom stereocenters. The van der Waals surface area contributed by atoms with E-state index in [0.29, 0.717) is 0 Å². The largest absolute Gasteiger partial charge is 0.295 e. The number of anilines is 1. The highest BCUT2D eigenvalue weighted by molar-refractivity contribution is 5.67. The fourth-order valence-electron chi connectivity index (χ4n) is 1.12. The summed E-state index contributed by atoms with van der Waals surface area (Å²) in [5.74, 6) is 0. The van der Waals surface area contributed by atoms with Crippen molar-refractivity contribution >= 4 is 17.1 Å². The molecule has 0 aliphatic heterocycles. The lowest BCUT2D eigenvalue weighted by atomic mass is 10.1. The van der Waals surface area contributed by atoms with E-state index in [1.807, 2.05) is 0 Å². The standard InChI is InChI=1S/C7H7N3O5/c1-4-2-7(10(14)15)5(8-11)3-6(4)9(12)13/h2-3,8,11H,1H3. The van der Waals surface area contributed by atoms with Gasteiger partial charge in [0.05, 0.1) is 9.85 Å². The van der Waals surface area contributed by atoms with Crippen molar-refractivity contribution in [2.75, 3.05) is 5.48 Å². The molecule has 0 radical (unpaired) electrons. The molecule has 1 aromatic carbocycles. The monoisotopic (exact) mass is 213 g/mol. The summed E-state index contributed by atoms with van der Waals surface area (Å²) >= 11 is 0. The molecule has 0 saturated carbocycles. The molecule has 8 heteroatoms. The molecule has 80 valence electrons. The first-order valence-corrected chi connectivity index (χ1v) is 3.81. The van der Waals surface area contributed by atoms with Crippen molar-refractivity contribution in [2.45, 2.75) is 6.92 Å². The van der Waals surface area contributed by atoms with Crippen LogP contribution in [0.4, 0.5) is 17.1 Å². The molecule has 0 aromatic heterocycles. The smallest absolute Gasteiger partial charge is 0.291 e. The van der Waals surface area contributed by atoms with Gasteiger partial charge in [-0.25, -0.2) is 0 Å². The lowest BCUT2D eigenvalue weighted by molar-refractivity contribution is -0.389. The van der Waals surface area contributed by atoms with Gasteiger partial charge in [0.15, 0.2) is 0 Å². The van der Waals surface area contributed by atoms with Gasteiger partial charge < -0.3 is 0 Å². The number of nitrogens with zero attached hydrogens (tertiary/aromatic N) is 2. The van der Waals surface area contributed by atoms with Crippen LogP contribution in [0.1, 0.15) is 5.56 Å². The van der Waals surface area contributed by atoms with Gasteiger partial charge in [0.2, 0.25) is 0 Å². The van der Waals surface area contributed by atoms with E-state index in [-0.39, 0.29) is 16.9 Å². The molecule has 1 aromatic rings. The number of aryl methyl sites for hydroxylation is 1. The highest BCUT2D eigenvalue weighted by Crippen LogP contribution is 2.31. The van der Waals surface area contributed by atoms with E-state index in [2.05, 4.69) is 0 Å². The van der Waals surface area contributed by atoms with Gasteiger partial charge in [-0.3, -0.25) is 30.9 Å². The maximum Gasteiger partial charge on any atom is 0.295 e. The van der Waals surface area contributed by atoms with Crippen LogP contribution >= 0.6 is 0 Å². The predicted octanol–water partition coefficient (Wildman–Crippen LogP) is 1.61. The van der Waals surface area contributed by atoms with Crippen LogP contribution in [0, 0.1) is 27.2 Å². The normalized spacial score (nSPS) is 9.73. The van der Waals surface area contributed by atoms with Gasteiger partial charge in [-0.15, -0.1) is 0 Å². The molecule has 0 bridgehead atoms. The summed E-state index contributed by atoms with van der Waals surface area (Å²) in [5, 5.41) is 29.6. The molecule has 15 heavy (non-hydrogen) atoms. The molecule has 0 saturated heterocycles. The summed E-state index contributed by atoms with van der Waals surface area (Å²) in [6, 6.07) is 1.93. The van der Waals surface area contributed by atoms with E-state index in [0.717, 1.165) is 12.1 Å². The minimum absolute atomic E-state index is 0.158. The zero-order chi connectivity index (χ0) is 11.6. The minimum Gasteiger partial charge on any atom is -0.291 e. The van der Waals surface area contributed by atoms with Gasteiger partial charge in [0.25, 0.3) is 11.4 Å². The first-order chi connectivity index (χ1) is 6.97. The lowest BCUT2D eigenvalue weighted by Gasteiger charge is -2.02. The van der Waals surface area contributed by atoms with Gasteiger partial charge in [-0.2, -0.15) is 0 Å². The molecule has 0 unspecified atom stereocenters. The third-order valence-corrected chi connectivity index (χ3v) is 1.83. The molecule has 1 rings (SSSR count). The number of hydrogen-bond acceptors (Lipinski definition) is 6. The van der Waals surface area contributed by atoms with Crippen LogP contribution in [-0.4, -0.2) is 15.1 Å². The molecule has 2 N–H and O–H groups in total. The van der Waals surface area contributed by atoms with Crippen LogP contribution in [0.25, 0.3) is 0 Å². The average Bonchev–Trinajstić information content (AvgIpc) is 2.16. The highest BCUT2D eigenvalue weighted by Gasteiger charge is 2.21. The second kappa shape index (κ2) is 3.88. The molecule has 8 nitrogen and oxygen atoms in total. The molecular formula is C7H7N3O5. The van der Waals surface area contributed by atoms with E-state index in [1.54, 1.807) is 5.48 Å². The number of nitro benzene ring substituents is 2. The zero-order valence-corrected chi connectivity index (χ0v) is 7.63. The summed E-state index contributed by atoms with van der Waals surface area (Å²) in [7, 11) is 0. The summed E-state index contributed by atoms with van der Waals surface area (Å²) in [4.78, 5) is 19.6. The van der Waals surface area contributed by atoms with Crippen molar-refractivity contribution in [2.24, 2.45) is 0 Å². The third-order valence-electron chi connectivity index (χ3n) is 1.83. The van der Waals surface area contributed by atoms with Gasteiger partial charge in [0, 0.05) is 17.7 Å². The van der Waals surface area contributed by atoms with Crippen molar-refractivity contribution in [1.82, 2.24) is 0 Å². The topological polar surface area (TPSA) is 119 Å². The van der Waals surface area contributed by atoms with E-state index < -0.39 is 15.5 Å². The van der Waals surface area contributed by atoms with E-state index >= 15 is 0 Å². The van der Waals surface area contributed by atoms with E-state index in [1.165, 1.54) is 6.92 Å². The van der Waals surface area contributed by atoms with Crippen molar-refractivity contribution in [1.29, 1.82) is 0 Å². The Morgan fingerprint density at radius 3 is 2.13 bits per heavy atom. The van der Waals surface area contributed by atoms with Crippen molar-refractivity contribution in [3.8, 4) is 0 Å². The fraction of sp³-hybridized carbons (Fsp3) is 0.143. The first kappa shape index (κ1) is 10.9. The molecule has 0 aliphatic rings. The SMILES string of the molecule is Cc1cc([N+](=O)[O-])c(NO)cc1[N+](=O)[O-]. The first-order valence-electron chi connectivity index (χ1n) is 3.81. The summed E-state index contributed by atoms with van der Waals surface area (Å²) in [6.07, 6.45) is 0. The summed E-state index contributed by atoms with van der Waals surface area (Å²) < 4.78 is 0. The maximum atomic E-state index is 10.5. The Balaban J connectivity index is 3.42. The van der Waals surface area contributed by atoms with Gasteiger partial charge in [-0.05, 0) is 6.92 Å². The van der Waals surface area contributed by atoms with E-state index in [9.17, 15) is 20.2 Å². The number of hydrogen-bond donors (Lipinski definition) is 2. The van der Waals surface area contributed by atoms with Crippen LogP contribution in [-0.2, 0) is 0 Å². The van der Waals surface area contributed by atoms with Crippen molar-refractivity contribution in [3.05, 3.63) is 37.9 Å². The Morgan fingerprint density at radius 1 is 1.20 bits per heavy atom. The average molecular weight is 213 g/mol. The summed E-state index contributed by atoms with van der Waals surface area (Å²) in [6.45, 7) is 1.38. The fourth-order valence-corrected chi connectivity index (χ4v) is 1.12. The van der Waals surface area contributed by atoms with Crippen LogP contribution in [0.5, 0.6) is 0 Å². The number of nitrogens with one attached hydrogen (secondary N) is 1. The molecule has 0 amide bonds. The molecule has 0 heterocycles. The quantitative estimate of drug-likeness (QED) is 0.581. The van der Waals surface area contributed by atoms with Crippen LogP contribution in [0.3, 0.4) is 0 Å². The van der Waals surface area contributed by atoms with Crippen LogP contribution < -0.4 is 5.48 Å². The number of benzene rings is 1. The zero-order valence-electron chi connectivity index (χ0n) is 7.63. The van der Waals surface area contributed by atoms with Gasteiger partial charge in [0.1, 0.15) is 5.69 Å². The highest BCUT2D eigenvalue weighted by atomic mass is 16.6. The second-order valence-electron chi connectivity index (χ2n) is 2.78. The Hall–Kier alpha value is -2.22. The Bertz CT molecular complexity index is 431.